The zero-order valence-electron chi connectivity index (χ0n) is 6.41. The lowest BCUT2D eigenvalue weighted by molar-refractivity contribution is -0.884. The van der Waals surface area contributed by atoms with Gasteiger partial charge in [-0.3, -0.25) is 5.21 Å². The van der Waals surface area contributed by atoms with Gasteiger partial charge >= 0.3 is 0 Å². The first-order valence-corrected chi connectivity index (χ1v) is 5.37. The Hall–Kier alpha value is -0.295. The Balaban J connectivity index is 2.93. The summed E-state index contributed by atoms with van der Waals surface area (Å²) in [6.45, 7) is 0. The number of rotatable bonds is 0. The lowest BCUT2D eigenvalue weighted by atomic mass is 9.97. The van der Waals surface area contributed by atoms with Crippen molar-refractivity contribution in [1.82, 2.24) is 0 Å². The second kappa shape index (κ2) is 2.88. The average Bonchev–Trinajstić information content (AvgIpc) is 2.41. The van der Waals surface area contributed by atoms with Crippen molar-refractivity contribution in [2.45, 2.75) is 0 Å². The van der Waals surface area contributed by atoms with Crippen molar-refractivity contribution < 1.29 is 9.94 Å². The van der Waals surface area contributed by atoms with Crippen LogP contribution in [0.5, 0.6) is 0 Å². The summed E-state index contributed by atoms with van der Waals surface area (Å²) in [5.74, 6) is 0. The Kier molecular flexibility index (Phi) is 2.00. The summed E-state index contributed by atoms with van der Waals surface area (Å²) in [5, 5.41) is 9.43. The molecule has 5 heteroatoms. The van der Waals surface area contributed by atoms with E-state index in [4.69, 9.17) is 0 Å². The lowest BCUT2D eigenvalue weighted by Crippen LogP contribution is -2.31. The fourth-order valence-electron chi connectivity index (χ4n) is 1.14. The summed E-state index contributed by atoms with van der Waals surface area (Å²) in [5.41, 5.74) is 2.10. The van der Waals surface area contributed by atoms with Crippen molar-refractivity contribution in [2.75, 3.05) is 0 Å². The molecule has 0 amide bonds. The first-order chi connectivity index (χ1) is 5.68. The molecule has 0 aliphatic rings. The maximum Gasteiger partial charge on any atom is 0.275 e. The molecule has 0 aromatic carbocycles. The van der Waals surface area contributed by atoms with Crippen LogP contribution in [0.4, 0.5) is 0 Å². The molecule has 2 rings (SSSR count). The highest BCUT2D eigenvalue weighted by atomic mass is 127. The first-order valence-electron chi connectivity index (χ1n) is 3.48. The van der Waals surface area contributed by atoms with Crippen LogP contribution in [0.2, 0.25) is 0 Å². The fraction of sp³-hybridized carbons (Fsp3) is 0. The van der Waals surface area contributed by atoms with Gasteiger partial charge in [-0.1, -0.05) is 5.46 Å². The molecule has 0 unspecified atom stereocenters. The molecule has 2 heterocycles. The molecule has 0 aliphatic heterocycles. The number of aromatic nitrogens is 1. The second-order valence-electron chi connectivity index (χ2n) is 2.61. The Morgan fingerprint density at radius 1 is 1.58 bits per heavy atom. The van der Waals surface area contributed by atoms with Crippen LogP contribution in [-0.4, -0.2) is 13.1 Å². The minimum atomic E-state index is 0.893. The standard InChI is InChI=1S/C7H6BINOS/c8-4-1-2-10(11)5-3-6(9)12-7(4)5/h1-3,11H,8H2/q+1. The highest BCUT2D eigenvalue weighted by Gasteiger charge is 2.12. The number of nitrogens with zero attached hydrogens (tertiary/aromatic N) is 1. The van der Waals surface area contributed by atoms with Crippen LogP contribution in [0.25, 0.3) is 10.2 Å². The number of hydrogen-bond acceptors (Lipinski definition) is 2. The Morgan fingerprint density at radius 3 is 3.00 bits per heavy atom. The molecule has 0 bridgehead atoms. The molecule has 1 N–H and O–H groups in total. The van der Waals surface area contributed by atoms with Crippen LogP contribution in [0.15, 0.2) is 18.3 Å². The summed E-state index contributed by atoms with van der Waals surface area (Å²) in [6.07, 6.45) is 1.67. The lowest BCUT2D eigenvalue weighted by Gasteiger charge is -1.89. The summed E-state index contributed by atoms with van der Waals surface area (Å²) in [4.78, 5) is 0. The van der Waals surface area contributed by atoms with Gasteiger partial charge in [-0.25, -0.2) is 0 Å². The average molecular weight is 290 g/mol. The van der Waals surface area contributed by atoms with Gasteiger partial charge < -0.3 is 0 Å². The number of hydrogen-bond donors (Lipinski definition) is 1. The highest BCUT2D eigenvalue weighted by molar-refractivity contribution is 14.1. The van der Waals surface area contributed by atoms with E-state index in [0.717, 1.165) is 10.2 Å². The molecule has 0 saturated carbocycles. The molecule has 0 radical (unpaired) electrons. The summed E-state index contributed by atoms with van der Waals surface area (Å²) < 4.78 is 3.52. The Bertz CT molecular complexity index is 403. The number of pyridine rings is 1. The van der Waals surface area contributed by atoms with Crippen molar-refractivity contribution >= 4 is 57.5 Å². The smallest absolute Gasteiger partial charge is 0.275 e. The maximum atomic E-state index is 9.43. The highest BCUT2D eigenvalue weighted by Crippen LogP contribution is 2.21. The van der Waals surface area contributed by atoms with Gasteiger partial charge in [0.2, 0.25) is 6.20 Å². The monoisotopic (exact) mass is 290 g/mol. The van der Waals surface area contributed by atoms with E-state index in [2.05, 4.69) is 30.4 Å². The number of thiophene rings is 1. The Morgan fingerprint density at radius 2 is 2.33 bits per heavy atom. The van der Waals surface area contributed by atoms with Crippen LogP contribution in [0, 0.1) is 2.88 Å². The van der Waals surface area contributed by atoms with E-state index in [1.165, 1.54) is 13.1 Å². The van der Waals surface area contributed by atoms with Gasteiger partial charge in [0.25, 0.3) is 5.52 Å². The van der Waals surface area contributed by atoms with E-state index >= 15 is 0 Å². The van der Waals surface area contributed by atoms with E-state index in [0.29, 0.717) is 0 Å². The van der Waals surface area contributed by atoms with E-state index in [1.807, 2.05) is 12.1 Å². The third kappa shape index (κ3) is 1.20. The number of fused-ring (bicyclic) bond motifs is 1. The normalized spacial score (nSPS) is 10.8. The summed E-state index contributed by atoms with van der Waals surface area (Å²) in [7, 11) is 2.05. The van der Waals surface area contributed by atoms with Crippen LogP contribution in [-0.2, 0) is 0 Å². The van der Waals surface area contributed by atoms with Crippen molar-refractivity contribution in [2.24, 2.45) is 0 Å². The van der Waals surface area contributed by atoms with Crippen molar-refractivity contribution in [3.05, 3.63) is 21.2 Å². The third-order valence-corrected chi connectivity index (χ3v) is 3.77. The molecule has 0 spiro atoms. The van der Waals surface area contributed by atoms with E-state index in [-0.39, 0.29) is 0 Å². The van der Waals surface area contributed by atoms with Crippen molar-refractivity contribution in [3.63, 3.8) is 0 Å². The molecule has 0 atom stereocenters. The SMILES string of the molecule is Bc1cc[n+](O)c2cc(I)sc12. The van der Waals surface area contributed by atoms with E-state index in [1.54, 1.807) is 17.5 Å². The van der Waals surface area contributed by atoms with Crippen molar-refractivity contribution in [3.8, 4) is 0 Å². The van der Waals surface area contributed by atoms with Crippen LogP contribution in [0.3, 0.4) is 0 Å². The zero-order chi connectivity index (χ0) is 8.72. The molecule has 2 aromatic rings. The fourth-order valence-corrected chi connectivity index (χ4v) is 2.95. The minimum absolute atomic E-state index is 0.893. The molecular formula is C7H6BINOS+. The van der Waals surface area contributed by atoms with Crippen LogP contribution >= 0.6 is 33.9 Å². The first kappa shape index (κ1) is 8.31. The van der Waals surface area contributed by atoms with Gasteiger partial charge in [-0.2, -0.15) is 0 Å². The number of halogens is 1. The van der Waals surface area contributed by atoms with Gasteiger partial charge in [-0.15, -0.1) is 11.3 Å². The second-order valence-corrected chi connectivity index (χ2v) is 5.55. The molecule has 2 aromatic heterocycles. The molecule has 12 heavy (non-hydrogen) atoms. The molecule has 2 nitrogen and oxygen atoms in total. The van der Waals surface area contributed by atoms with Gasteiger partial charge in [0.15, 0.2) is 0 Å². The summed E-state index contributed by atoms with van der Waals surface area (Å²) in [6, 6.07) is 3.89. The summed E-state index contributed by atoms with van der Waals surface area (Å²) >= 11 is 3.96. The van der Waals surface area contributed by atoms with Gasteiger partial charge in [-0.05, 0) is 22.6 Å². The van der Waals surface area contributed by atoms with Crippen molar-refractivity contribution in [1.29, 1.82) is 0 Å². The molecule has 60 valence electrons. The predicted molar refractivity (Wildman–Crippen MR) is 60.1 cm³/mol. The van der Waals surface area contributed by atoms with Gasteiger partial charge in [0.05, 0.1) is 7.58 Å². The molecule has 0 aliphatic carbocycles. The quantitative estimate of drug-likeness (QED) is 0.321. The Labute approximate surface area is 88.3 Å². The predicted octanol–water partition coefficient (Wildman–Crippen LogP) is 0.289. The maximum absolute atomic E-state index is 9.43. The van der Waals surface area contributed by atoms with Crippen LogP contribution < -0.4 is 10.2 Å². The third-order valence-electron chi connectivity index (χ3n) is 1.75. The minimum Gasteiger partial charge on any atom is -0.284 e. The van der Waals surface area contributed by atoms with Gasteiger partial charge in [0, 0.05) is 16.9 Å². The molecule has 0 saturated heterocycles. The van der Waals surface area contributed by atoms with Crippen LogP contribution in [0.1, 0.15) is 0 Å². The molecule has 0 fully saturated rings. The van der Waals surface area contributed by atoms with Gasteiger partial charge in [0.1, 0.15) is 7.85 Å². The largest absolute Gasteiger partial charge is 0.284 e. The topological polar surface area (TPSA) is 24.1 Å². The molecular weight excluding hydrogens is 284 g/mol. The van der Waals surface area contributed by atoms with E-state index in [9.17, 15) is 5.21 Å². The zero-order valence-corrected chi connectivity index (χ0v) is 9.39. The van der Waals surface area contributed by atoms with E-state index < -0.39 is 0 Å².